The zero-order chi connectivity index (χ0) is 16.8. The van der Waals surface area contributed by atoms with Gasteiger partial charge in [-0.3, -0.25) is 4.79 Å². The van der Waals surface area contributed by atoms with Crippen molar-refractivity contribution in [2.24, 2.45) is 5.73 Å². The summed E-state index contributed by atoms with van der Waals surface area (Å²) in [6.45, 7) is 4.22. The van der Waals surface area contributed by atoms with Crippen LogP contribution in [0.15, 0.2) is 30.3 Å². The number of hydrogen-bond donors (Lipinski definition) is 3. The molecule has 0 saturated carbocycles. The van der Waals surface area contributed by atoms with Crippen LogP contribution in [0.25, 0.3) is 0 Å². The lowest BCUT2D eigenvalue weighted by molar-refractivity contribution is -0.160. The highest BCUT2D eigenvalue weighted by atomic mass is 32.2. The smallest absolute Gasteiger partial charge is 0.327 e. The van der Waals surface area contributed by atoms with Crippen molar-refractivity contribution in [3.8, 4) is 0 Å². The van der Waals surface area contributed by atoms with Gasteiger partial charge in [0.25, 0.3) is 0 Å². The summed E-state index contributed by atoms with van der Waals surface area (Å²) in [5, 5.41) is 12.5. The first-order chi connectivity index (χ1) is 10.8. The normalized spacial score (nSPS) is 29.8. The third-order valence-electron chi connectivity index (χ3n) is 4.46. The summed E-state index contributed by atoms with van der Waals surface area (Å²) in [5.41, 5.74) is 7.15. The lowest BCUT2D eigenvalue weighted by Crippen LogP contribution is -2.70. The molecule has 2 aliphatic rings. The average Bonchev–Trinajstić information content (AvgIpc) is 2.76. The molecule has 2 saturated heterocycles. The Morgan fingerprint density at radius 3 is 2.70 bits per heavy atom. The Bertz CT molecular complexity index is 622. The third-order valence-corrected chi connectivity index (χ3v) is 6.03. The summed E-state index contributed by atoms with van der Waals surface area (Å²) in [4.78, 5) is 25.3. The van der Waals surface area contributed by atoms with Crippen molar-refractivity contribution in [1.82, 2.24) is 10.2 Å². The SMILES string of the molecule is CC1(C)S[C@@H]2[C@H](NC[C@H](N)c3ccccc3)C(=O)N2[C@H]1C(=O)O. The van der Waals surface area contributed by atoms with Crippen LogP contribution in [0, 0.1) is 0 Å². The summed E-state index contributed by atoms with van der Waals surface area (Å²) in [6, 6.07) is 8.36. The van der Waals surface area contributed by atoms with Gasteiger partial charge in [-0.15, -0.1) is 11.8 Å². The Morgan fingerprint density at radius 2 is 2.09 bits per heavy atom. The van der Waals surface area contributed by atoms with E-state index >= 15 is 0 Å². The molecule has 0 bridgehead atoms. The molecule has 1 aromatic carbocycles. The number of hydrogen-bond acceptors (Lipinski definition) is 5. The van der Waals surface area contributed by atoms with Gasteiger partial charge in [-0.05, 0) is 19.4 Å². The van der Waals surface area contributed by atoms with Crippen molar-refractivity contribution < 1.29 is 14.7 Å². The van der Waals surface area contributed by atoms with Gasteiger partial charge in [0.05, 0.1) is 0 Å². The highest BCUT2D eigenvalue weighted by molar-refractivity contribution is 8.01. The second-order valence-electron chi connectivity index (χ2n) is 6.50. The molecule has 4 N–H and O–H groups in total. The number of carboxylic acids is 1. The Morgan fingerprint density at radius 1 is 1.43 bits per heavy atom. The molecule has 1 aromatic rings. The summed E-state index contributed by atoms with van der Waals surface area (Å²) in [5.74, 6) is -1.10. The zero-order valence-corrected chi connectivity index (χ0v) is 13.9. The largest absolute Gasteiger partial charge is 0.480 e. The molecule has 0 aliphatic carbocycles. The van der Waals surface area contributed by atoms with Gasteiger partial charge in [-0.2, -0.15) is 0 Å². The van der Waals surface area contributed by atoms with Crippen LogP contribution in [0.3, 0.4) is 0 Å². The van der Waals surface area contributed by atoms with Crippen LogP contribution in [0.5, 0.6) is 0 Å². The molecule has 2 heterocycles. The fraction of sp³-hybridized carbons (Fsp3) is 0.500. The predicted molar refractivity (Wildman–Crippen MR) is 88.9 cm³/mol. The van der Waals surface area contributed by atoms with E-state index in [1.54, 1.807) is 0 Å². The lowest BCUT2D eigenvalue weighted by atomic mass is 9.96. The first-order valence-electron chi connectivity index (χ1n) is 7.59. The van der Waals surface area contributed by atoms with E-state index in [2.05, 4.69) is 5.32 Å². The number of aliphatic carboxylic acids is 1. The number of carbonyl (C=O) groups excluding carboxylic acids is 1. The maximum Gasteiger partial charge on any atom is 0.327 e. The number of carboxylic acid groups (broad SMARTS) is 1. The van der Waals surface area contributed by atoms with Crippen molar-refractivity contribution in [3.63, 3.8) is 0 Å². The van der Waals surface area contributed by atoms with Crippen LogP contribution in [0.1, 0.15) is 25.5 Å². The minimum atomic E-state index is -0.946. The quantitative estimate of drug-likeness (QED) is 0.689. The van der Waals surface area contributed by atoms with Crippen molar-refractivity contribution in [1.29, 1.82) is 0 Å². The van der Waals surface area contributed by atoms with Gasteiger partial charge in [0, 0.05) is 17.3 Å². The van der Waals surface area contributed by atoms with Gasteiger partial charge in [-0.25, -0.2) is 4.79 Å². The van der Waals surface area contributed by atoms with Crippen LogP contribution in [-0.4, -0.2) is 50.6 Å². The van der Waals surface area contributed by atoms with Gasteiger partial charge in [0.2, 0.25) is 5.91 Å². The molecule has 3 rings (SSSR count). The first-order valence-corrected chi connectivity index (χ1v) is 8.47. The monoisotopic (exact) mass is 335 g/mol. The molecular formula is C16H21N3O3S. The van der Waals surface area contributed by atoms with Crippen molar-refractivity contribution in [3.05, 3.63) is 35.9 Å². The topological polar surface area (TPSA) is 95.7 Å². The van der Waals surface area contributed by atoms with Gasteiger partial charge in [0.1, 0.15) is 17.5 Å². The van der Waals surface area contributed by atoms with E-state index in [4.69, 9.17) is 5.73 Å². The molecule has 2 fully saturated rings. The molecule has 2 aliphatic heterocycles. The maximum absolute atomic E-state index is 12.3. The van der Waals surface area contributed by atoms with Crippen molar-refractivity contribution in [2.45, 2.75) is 42.1 Å². The highest BCUT2D eigenvalue weighted by Crippen LogP contribution is 2.50. The van der Waals surface area contributed by atoms with E-state index in [1.165, 1.54) is 16.7 Å². The fourth-order valence-electron chi connectivity index (χ4n) is 3.27. The Labute approximate surface area is 139 Å². The summed E-state index contributed by atoms with van der Waals surface area (Å²) in [7, 11) is 0. The summed E-state index contributed by atoms with van der Waals surface area (Å²) < 4.78 is -0.496. The Balaban J connectivity index is 1.64. The average molecular weight is 335 g/mol. The summed E-state index contributed by atoms with van der Waals surface area (Å²) in [6.07, 6.45) is 0. The molecule has 124 valence electrons. The van der Waals surface area contributed by atoms with Gasteiger partial charge >= 0.3 is 5.97 Å². The van der Waals surface area contributed by atoms with E-state index in [0.717, 1.165) is 5.56 Å². The number of amides is 1. The molecule has 23 heavy (non-hydrogen) atoms. The van der Waals surface area contributed by atoms with E-state index in [9.17, 15) is 14.7 Å². The van der Waals surface area contributed by atoms with Crippen molar-refractivity contribution >= 4 is 23.6 Å². The van der Waals surface area contributed by atoms with Crippen molar-refractivity contribution in [2.75, 3.05) is 6.54 Å². The number of benzene rings is 1. The molecule has 4 atom stereocenters. The van der Waals surface area contributed by atoms with Gasteiger partial charge in [0.15, 0.2) is 0 Å². The van der Waals surface area contributed by atoms with Gasteiger partial charge < -0.3 is 21.1 Å². The highest BCUT2D eigenvalue weighted by Gasteiger charge is 2.63. The predicted octanol–water partition coefficient (Wildman–Crippen LogP) is 0.792. The molecule has 0 radical (unpaired) electrons. The number of fused-ring (bicyclic) bond motifs is 1. The molecule has 0 aromatic heterocycles. The van der Waals surface area contributed by atoms with Crippen LogP contribution >= 0.6 is 11.8 Å². The van der Waals surface area contributed by atoms with E-state index in [0.29, 0.717) is 6.54 Å². The molecule has 0 unspecified atom stereocenters. The number of nitrogens with two attached hydrogens (primary N) is 1. The maximum atomic E-state index is 12.3. The Hall–Kier alpha value is -1.57. The molecule has 6 nitrogen and oxygen atoms in total. The van der Waals surface area contributed by atoms with Crippen LogP contribution < -0.4 is 11.1 Å². The molecule has 0 spiro atoms. The van der Waals surface area contributed by atoms with Gasteiger partial charge in [-0.1, -0.05) is 30.3 Å². The third kappa shape index (κ3) is 2.73. The van der Waals surface area contributed by atoms with E-state index in [1.807, 2.05) is 44.2 Å². The van der Waals surface area contributed by atoms with Crippen LogP contribution in [0.2, 0.25) is 0 Å². The second-order valence-corrected chi connectivity index (χ2v) is 8.27. The number of carbonyl (C=O) groups is 2. The minimum absolute atomic E-state index is 0.137. The fourth-order valence-corrected chi connectivity index (χ4v) is 4.93. The number of nitrogens with zero attached hydrogens (tertiary/aromatic N) is 1. The molecular weight excluding hydrogens is 314 g/mol. The number of nitrogens with one attached hydrogen (secondary N) is 1. The Kier molecular flexibility index (Phi) is 4.12. The second kappa shape index (κ2) is 5.81. The summed E-state index contributed by atoms with van der Waals surface area (Å²) >= 11 is 1.53. The molecule has 7 heteroatoms. The van der Waals surface area contributed by atoms with E-state index in [-0.39, 0.29) is 23.4 Å². The van der Waals surface area contributed by atoms with Crippen LogP contribution in [-0.2, 0) is 9.59 Å². The van der Waals surface area contributed by atoms with E-state index < -0.39 is 16.8 Å². The number of rotatable bonds is 5. The minimum Gasteiger partial charge on any atom is -0.480 e. The van der Waals surface area contributed by atoms with Crippen LogP contribution in [0.4, 0.5) is 0 Å². The standard InChI is InChI=1S/C16H21N3O3S/c1-16(2)12(15(21)22)19-13(20)11(14(19)23-16)18-8-10(17)9-6-4-3-5-7-9/h3-7,10-12,14,18H,8,17H2,1-2H3,(H,21,22)/t10-,11+,12-,14+/m0/s1. The number of thioether (sulfide) groups is 1. The lowest BCUT2D eigenvalue weighted by Gasteiger charge is -2.44. The number of β-lactam (4-membered cyclic amide) rings is 1. The zero-order valence-electron chi connectivity index (χ0n) is 13.1. The first kappa shape index (κ1) is 16.3. The molecule has 1 amide bonds.